The summed E-state index contributed by atoms with van der Waals surface area (Å²) in [4.78, 5) is 16.6. The van der Waals surface area contributed by atoms with Gasteiger partial charge in [0.05, 0.1) is 28.4 Å². The molecule has 202 valence electrons. The van der Waals surface area contributed by atoms with E-state index in [1.807, 2.05) is 50.2 Å². The number of anilines is 2. The van der Waals surface area contributed by atoms with E-state index in [0.717, 1.165) is 47.2 Å². The van der Waals surface area contributed by atoms with Crippen molar-refractivity contribution in [1.82, 2.24) is 10.3 Å². The lowest BCUT2D eigenvalue weighted by atomic mass is 9.99. The average molecular weight is 546 g/mol. The van der Waals surface area contributed by atoms with Gasteiger partial charge in [0.25, 0.3) is 5.56 Å². The fourth-order valence-corrected chi connectivity index (χ4v) is 5.73. The van der Waals surface area contributed by atoms with Gasteiger partial charge >= 0.3 is 0 Å². The zero-order chi connectivity index (χ0) is 26.9. The third kappa shape index (κ3) is 5.42. The molecule has 2 aliphatic rings. The largest absolute Gasteiger partial charge is 0.492 e. The maximum absolute atomic E-state index is 13.5. The first-order valence-electron chi connectivity index (χ1n) is 13.5. The normalized spacial score (nSPS) is 16.4. The molecule has 1 fully saturated rings. The smallest absolute Gasteiger partial charge is 0.260 e. The number of pyridine rings is 1. The van der Waals surface area contributed by atoms with Crippen LogP contribution in [0.1, 0.15) is 36.8 Å². The molecule has 39 heavy (non-hydrogen) atoms. The van der Waals surface area contributed by atoms with Gasteiger partial charge in [-0.2, -0.15) is 0 Å². The van der Waals surface area contributed by atoms with E-state index in [9.17, 15) is 4.79 Å². The van der Waals surface area contributed by atoms with Crippen molar-refractivity contribution < 1.29 is 14.2 Å². The van der Waals surface area contributed by atoms with Crippen LogP contribution in [0, 0.1) is 13.8 Å². The Balaban J connectivity index is 1.43. The van der Waals surface area contributed by atoms with Crippen molar-refractivity contribution in [2.75, 3.05) is 25.3 Å². The Labute approximate surface area is 232 Å². The first-order chi connectivity index (χ1) is 18.9. The molecule has 8 heteroatoms. The van der Waals surface area contributed by atoms with Crippen LogP contribution in [0.25, 0.3) is 22.0 Å². The van der Waals surface area contributed by atoms with Gasteiger partial charge in [-0.3, -0.25) is 4.79 Å². The summed E-state index contributed by atoms with van der Waals surface area (Å²) >= 11 is 6.69. The van der Waals surface area contributed by atoms with Crippen molar-refractivity contribution in [2.24, 2.45) is 0 Å². The first kappa shape index (κ1) is 25.6. The highest BCUT2D eigenvalue weighted by Gasteiger charge is 2.20. The number of hydrogen-bond acceptors (Lipinski definition) is 6. The quantitative estimate of drug-likeness (QED) is 0.235. The van der Waals surface area contributed by atoms with Gasteiger partial charge < -0.3 is 29.8 Å². The lowest BCUT2D eigenvalue weighted by molar-refractivity contribution is 0.174. The molecule has 3 aromatic carbocycles. The Bertz CT molecular complexity index is 1570. The van der Waals surface area contributed by atoms with E-state index in [1.54, 1.807) is 6.07 Å². The van der Waals surface area contributed by atoms with Gasteiger partial charge in [0.2, 0.25) is 6.79 Å². The van der Waals surface area contributed by atoms with Crippen molar-refractivity contribution >= 4 is 33.9 Å². The molecule has 6 rings (SSSR count). The minimum absolute atomic E-state index is 0.203. The maximum Gasteiger partial charge on any atom is 0.260 e. The SMILES string of the molecule is Cc1cc(C)cc(-c2c(OCC[C@@H]3CCCCN3)c3cc(Nc4ccc5c(c4)OCO5)c(Cl)cc3[nH]c2=O)c1. The Morgan fingerprint density at radius 2 is 1.85 bits per heavy atom. The Morgan fingerprint density at radius 3 is 2.64 bits per heavy atom. The van der Waals surface area contributed by atoms with Gasteiger partial charge in [0.1, 0.15) is 5.75 Å². The molecule has 3 N–H and O–H groups in total. The van der Waals surface area contributed by atoms with E-state index in [-0.39, 0.29) is 12.4 Å². The molecule has 3 heterocycles. The summed E-state index contributed by atoms with van der Waals surface area (Å²) in [6.07, 6.45) is 4.46. The van der Waals surface area contributed by atoms with Crippen LogP contribution in [-0.2, 0) is 0 Å². The van der Waals surface area contributed by atoms with Gasteiger partial charge in [0.15, 0.2) is 11.5 Å². The number of rotatable bonds is 7. The molecule has 2 aliphatic heterocycles. The van der Waals surface area contributed by atoms with Crippen LogP contribution in [0.3, 0.4) is 0 Å². The summed E-state index contributed by atoms with van der Waals surface area (Å²) in [5.41, 5.74) is 5.46. The first-order valence-corrected chi connectivity index (χ1v) is 13.8. The van der Waals surface area contributed by atoms with E-state index in [2.05, 4.69) is 21.7 Å². The van der Waals surface area contributed by atoms with Gasteiger partial charge in [-0.1, -0.05) is 47.3 Å². The monoisotopic (exact) mass is 545 g/mol. The molecule has 0 spiro atoms. The molecule has 0 aliphatic carbocycles. The Kier molecular flexibility index (Phi) is 7.11. The van der Waals surface area contributed by atoms with Crippen LogP contribution in [-0.4, -0.2) is 31.0 Å². The molecule has 0 bridgehead atoms. The standard InChI is InChI=1S/C31H32ClN3O4/c1-18-11-19(2)13-20(12-18)29-30(37-10-8-21-5-3-4-9-33-21)23-15-26(24(32)16-25(23)35-31(29)36)34-22-6-7-27-28(14-22)39-17-38-27/h6-7,11-16,21,33-34H,3-5,8-10,17H2,1-2H3,(H,35,36)/t21-/m0/s1. The van der Waals surface area contributed by atoms with E-state index >= 15 is 0 Å². The maximum atomic E-state index is 13.5. The van der Waals surface area contributed by atoms with Crippen LogP contribution >= 0.6 is 11.6 Å². The minimum atomic E-state index is -0.203. The Hall–Kier alpha value is -3.68. The summed E-state index contributed by atoms with van der Waals surface area (Å²) < 4.78 is 17.5. The van der Waals surface area contributed by atoms with Crippen molar-refractivity contribution in [3.8, 4) is 28.4 Å². The van der Waals surface area contributed by atoms with Crippen LogP contribution < -0.4 is 30.4 Å². The van der Waals surface area contributed by atoms with Crippen LogP contribution in [0.2, 0.25) is 5.02 Å². The van der Waals surface area contributed by atoms with Crippen LogP contribution in [0.4, 0.5) is 11.4 Å². The van der Waals surface area contributed by atoms with Crippen LogP contribution in [0.5, 0.6) is 17.2 Å². The van der Waals surface area contributed by atoms with Crippen molar-refractivity contribution in [3.63, 3.8) is 0 Å². The molecular formula is C31H32ClN3O4. The molecule has 0 amide bonds. The molecular weight excluding hydrogens is 514 g/mol. The molecule has 1 atom stereocenters. The van der Waals surface area contributed by atoms with Crippen molar-refractivity contribution in [2.45, 2.75) is 45.6 Å². The van der Waals surface area contributed by atoms with Crippen molar-refractivity contribution in [3.05, 3.63) is 75.0 Å². The lowest BCUT2D eigenvalue weighted by Crippen LogP contribution is -2.35. The molecule has 1 aromatic heterocycles. The topological polar surface area (TPSA) is 84.6 Å². The van der Waals surface area contributed by atoms with Gasteiger partial charge in [-0.25, -0.2) is 0 Å². The number of benzene rings is 3. The highest BCUT2D eigenvalue weighted by Crippen LogP contribution is 2.40. The number of H-pyrrole nitrogens is 1. The van der Waals surface area contributed by atoms with E-state index in [0.29, 0.717) is 51.7 Å². The van der Waals surface area contributed by atoms with Crippen LogP contribution in [0.15, 0.2) is 53.3 Å². The summed E-state index contributed by atoms with van der Waals surface area (Å²) in [5, 5.41) is 8.24. The number of halogens is 1. The second kappa shape index (κ2) is 10.8. The Morgan fingerprint density at radius 1 is 1.03 bits per heavy atom. The number of nitrogens with one attached hydrogen (secondary N) is 3. The average Bonchev–Trinajstić information content (AvgIpc) is 3.37. The third-order valence-corrected chi connectivity index (χ3v) is 7.65. The zero-order valence-electron chi connectivity index (χ0n) is 22.2. The summed E-state index contributed by atoms with van der Waals surface area (Å²) in [6, 6.07) is 16.0. The minimum Gasteiger partial charge on any atom is -0.492 e. The number of fused-ring (bicyclic) bond motifs is 2. The number of ether oxygens (including phenoxy) is 3. The summed E-state index contributed by atoms with van der Waals surface area (Å²) in [6.45, 7) is 5.82. The van der Waals surface area contributed by atoms with E-state index < -0.39 is 0 Å². The lowest BCUT2D eigenvalue weighted by Gasteiger charge is -2.24. The second-order valence-electron chi connectivity index (χ2n) is 10.4. The molecule has 0 radical (unpaired) electrons. The highest BCUT2D eigenvalue weighted by atomic mass is 35.5. The number of aromatic amines is 1. The molecule has 4 aromatic rings. The number of aromatic nitrogens is 1. The molecule has 0 unspecified atom stereocenters. The van der Waals surface area contributed by atoms with E-state index in [1.165, 1.54) is 12.8 Å². The molecule has 1 saturated heterocycles. The molecule has 7 nitrogen and oxygen atoms in total. The number of hydrogen-bond donors (Lipinski definition) is 3. The highest BCUT2D eigenvalue weighted by molar-refractivity contribution is 6.34. The third-order valence-electron chi connectivity index (χ3n) is 7.34. The zero-order valence-corrected chi connectivity index (χ0v) is 22.9. The predicted octanol–water partition coefficient (Wildman–Crippen LogP) is 6.85. The summed E-state index contributed by atoms with van der Waals surface area (Å²) in [7, 11) is 0. The predicted molar refractivity (Wildman–Crippen MR) is 156 cm³/mol. The number of aryl methyl sites for hydroxylation is 2. The fourth-order valence-electron chi connectivity index (χ4n) is 5.52. The van der Waals surface area contributed by atoms with E-state index in [4.69, 9.17) is 25.8 Å². The fraction of sp³-hybridized carbons (Fsp3) is 0.323. The number of piperidine rings is 1. The summed E-state index contributed by atoms with van der Waals surface area (Å²) in [5.74, 6) is 1.96. The molecule has 0 saturated carbocycles. The van der Waals surface area contributed by atoms with Gasteiger partial charge in [-0.15, -0.1) is 0 Å². The van der Waals surface area contributed by atoms with Gasteiger partial charge in [0, 0.05) is 23.2 Å². The van der Waals surface area contributed by atoms with Gasteiger partial charge in [-0.05, 0) is 69.5 Å². The van der Waals surface area contributed by atoms with Crippen molar-refractivity contribution in [1.29, 1.82) is 0 Å². The second-order valence-corrected chi connectivity index (χ2v) is 10.8.